The van der Waals surface area contributed by atoms with Crippen LogP contribution in [0.25, 0.3) is 28.2 Å². The fourth-order valence-corrected chi connectivity index (χ4v) is 3.68. The number of anilines is 1. The zero-order valence-corrected chi connectivity index (χ0v) is 19.8. The lowest BCUT2D eigenvalue weighted by atomic mass is 10.2. The largest absolute Gasteiger partial charge is 0.439 e. The van der Waals surface area contributed by atoms with Crippen LogP contribution in [0.3, 0.4) is 0 Å². The highest BCUT2D eigenvalue weighted by atomic mass is 16.6. The zero-order valence-electron chi connectivity index (χ0n) is 19.8. The molecule has 0 spiro atoms. The van der Waals surface area contributed by atoms with Gasteiger partial charge in [0.1, 0.15) is 11.3 Å². The Bertz CT molecular complexity index is 1510. The molecule has 182 valence electrons. The number of para-hydroxylation sites is 1. The first-order valence-corrected chi connectivity index (χ1v) is 11.2. The highest BCUT2D eigenvalue weighted by Crippen LogP contribution is 2.32. The average Bonchev–Trinajstić information content (AvgIpc) is 3.47. The lowest BCUT2D eigenvalue weighted by molar-refractivity contribution is 0.0950. The second-order valence-electron chi connectivity index (χ2n) is 8.30. The molecule has 5 aromatic rings. The van der Waals surface area contributed by atoms with Gasteiger partial charge in [-0.2, -0.15) is 0 Å². The quantitative estimate of drug-likeness (QED) is 0.340. The normalized spacial score (nSPS) is 11.2. The number of nitrogen functional groups attached to an aromatic ring is 1. The molecule has 0 saturated carbocycles. The molecule has 0 aliphatic carbocycles. The van der Waals surface area contributed by atoms with Gasteiger partial charge in [0.15, 0.2) is 17.3 Å². The Morgan fingerprint density at radius 2 is 1.94 bits per heavy atom. The maximum absolute atomic E-state index is 12.5. The molecule has 11 heteroatoms. The Balaban J connectivity index is 1.48. The van der Waals surface area contributed by atoms with Crippen molar-refractivity contribution in [1.29, 1.82) is 0 Å². The maximum Gasteiger partial charge on any atom is 0.251 e. The summed E-state index contributed by atoms with van der Waals surface area (Å²) in [5.74, 6) is 1.25. The lowest BCUT2D eigenvalue weighted by Gasteiger charge is -2.11. The molecule has 0 aliphatic heterocycles. The zero-order chi connectivity index (χ0) is 25.1. The van der Waals surface area contributed by atoms with Crippen molar-refractivity contribution in [2.24, 2.45) is 0 Å². The molecule has 5 rings (SSSR count). The average molecular weight is 485 g/mol. The summed E-state index contributed by atoms with van der Waals surface area (Å²) >= 11 is 0. The van der Waals surface area contributed by atoms with Crippen LogP contribution >= 0.6 is 0 Å². The smallest absolute Gasteiger partial charge is 0.251 e. The molecule has 0 fully saturated rings. The molecule has 3 N–H and O–H groups in total. The summed E-state index contributed by atoms with van der Waals surface area (Å²) in [6, 6.07) is 18.4. The fraction of sp³-hybridized carbons (Fsp3) is 0.160. The SMILES string of the molecule is CN(C)CCNC(=O)c1cccc(Oc2cc3c(cn2)nc(-c2nonc2N)n3-c2ccccc2)c1. The highest BCUT2D eigenvalue weighted by molar-refractivity contribution is 5.94. The minimum atomic E-state index is -0.170. The first kappa shape index (κ1) is 23.0. The molecule has 1 amide bonds. The van der Waals surface area contributed by atoms with Crippen molar-refractivity contribution in [1.82, 2.24) is 35.1 Å². The van der Waals surface area contributed by atoms with Crippen LogP contribution in [0, 0.1) is 0 Å². The minimum absolute atomic E-state index is 0.132. The van der Waals surface area contributed by atoms with E-state index in [0.717, 1.165) is 17.7 Å². The second-order valence-corrected chi connectivity index (χ2v) is 8.30. The predicted octanol–water partition coefficient (Wildman–Crippen LogP) is 3.14. The molecular weight excluding hydrogens is 460 g/mol. The van der Waals surface area contributed by atoms with Gasteiger partial charge in [-0.15, -0.1) is 0 Å². The summed E-state index contributed by atoms with van der Waals surface area (Å²) in [5.41, 5.74) is 8.95. The Kier molecular flexibility index (Phi) is 6.29. The summed E-state index contributed by atoms with van der Waals surface area (Å²) in [4.78, 5) is 23.6. The van der Waals surface area contributed by atoms with E-state index >= 15 is 0 Å². The molecule has 0 aliphatic rings. The monoisotopic (exact) mass is 484 g/mol. The van der Waals surface area contributed by atoms with Crippen molar-refractivity contribution in [2.75, 3.05) is 32.9 Å². The molecular formula is C25H24N8O3. The van der Waals surface area contributed by atoms with Crippen molar-refractivity contribution in [3.63, 3.8) is 0 Å². The number of fused-ring (bicyclic) bond motifs is 1. The first-order valence-electron chi connectivity index (χ1n) is 11.2. The van der Waals surface area contributed by atoms with Gasteiger partial charge >= 0.3 is 0 Å². The molecule has 36 heavy (non-hydrogen) atoms. The van der Waals surface area contributed by atoms with E-state index in [0.29, 0.717) is 40.8 Å². The van der Waals surface area contributed by atoms with Gasteiger partial charge in [0.05, 0.1) is 11.7 Å². The van der Waals surface area contributed by atoms with Gasteiger partial charge in [-0.1, -0.05) is 24.3 Å². The molecule has 11 nitrogen and oxygen atoms in total. The van der Waals surface area contributed by atoms with Crippen LogP contribution in [0.4, 0.5) is 5.82 Å². The second kappa shape index (κ2) is 9.84. The van der Waals surface area contributed by atoms with Crippen molar-refractivity contribution >= 4 is 22.8 Å². The van der Waals surface area contributed by atoms with Gasteiger partial charge in [0.25, 0.3) is 5.91 Å². The van der Waals surface area contributed by atoms with E-state index in [-0.39, 0.29) is 11.7 Å². The third-order valence-corrected chi connectivity index (χ3v) is 5.42. The van der Waals surface area contributed by atoms with Gasteiger partial charge in [-0.3, -0.25) is 9.36 Å². The number of carbonyl (C=O) groups is 1. The summed E-state index contributed by atoms with van der Waals surface area (Å²) in [6.45, 7) is 1.30. The highest BCUT2D eigenvalue weighted by Gasteiger charge is 2.21. The Labute approximate surface area is 206 Å². The summed E-state index contributed by atoms with van der Waals surface area (Å²) in [6.07, 6.45) is 1.61. The van der Waals surface area contributed by atoms with Crippen molar-refractivity contribution in [3.8, 4) is 28.8 Å². The van der Waals surface area contributed by atoms with E-state index in [2.05, 4.69) is 25.6 Å². The van der Waals surface area contributed by atoms with E-state index in [1.807, 2.05) is 53.9 Å². The van der Waals surface area contributed by atoms with Gasteiger partial charge < -0.3 is 20.7 Å². The number of hydrogen-bond donors (Lipinski definition) is 2. The van der Waals surface area contributed by atoms with Crippen LogP contribution < -0.4 is 15.8 Å². The van der Waals surface area contributed by atoms with E-state index in [1.165, 1.54) is 0 Å². The van der Waals surface area contributed by atoms with Gasteiger partial charge in [-0.05, 0) is 54.7 Å². The number of pyridine rings is 1. The molecule has 0 bridgehead atoms. The number of ether oxygens (including phenoxy) is 1. The first-order chi connectivity index (χ1) is 17.5. The number of nitrogens with one attached hydrogen (secondary N) is 1. The molecule has 0 atom stereocenters. The third-order valence-electron chi connectivity index (χ3n) is 5.42. The van der Waals surface area contributed by atoms with E-state index < -0.39 is 0 Å². The van der Waals surface area contributed by atoms with E-state index in [1.54, 1.807) is 36.5 Å². The van der Waals surface area contributed by atoms with Crippen LogP contribution in [0.15, 0.2) is 71.5 Å². The van der Waals surface area contributed by atoms with Crippen LogP contribution in [0.5, 0.6) is 11.6 Å². The van der Waals surface area contributed by atoms with Crippen molar-refractivity contribution < 1.29 is 14.2 Å². The van der Waals surface area contributed by atoms with Crippen molar-refractivity contribution in [2.45, 2.75) is 0 Å². The lowest BCUT2D eigenvalue weighted by Crippen LogP contribution is -2.31. The minimum Gasteiger partial charge on any atom is -0.439 e. The van der Waals surface area contributed by atoms with Crippen molar-refractivity contribution in [3.05, 3.63) is 72.4 Å². The molecule has 0 radical (unpaired) electrons. The Morgan fingerprint density at radius 3 is 2.69 bits per heavy atom. The predicted molar refractivity (Wildman–Crippen MR) is 134 cm³/mol. The number of rotatable bonds is 8. The van der Waals surface area contributed by atoms with Crippen LogP contribution in [0.2, 0.25) is 0 Å². The number of aromatic nitrogens is 5. The number of likely N-dealkylation sites (N-methyl/N-ethyl adjacent to an activating group) is 1. The molecule has 0 unspecified atom stereocenters. The number of imidazole rings is 1. The van der Waals surface area contributed by atoms with Gasteiger partial charge in [0.2, 0.25) is 5.88 Å². The van der Waals surface area contributed by atoms with Crippen LogP contribution in [0.1, 0.15) is 10.4 Å². The molecule has 3 aromatic heterocycles. The molecule has 0 saturated heterocycles. The van der Waals surface area contributed by atoms with Crippen LogP contribution in [-0.4, -0.2) is 62.8 Å². The molecule has 3 heterocycles. The fourth-order valence-electron chi connectivity index (χ4n) is 3.68. The number of amides is 1. The number of nitrogens with zero attached hydrogens (tertiary/aromatic N) is 6. The van der Waals surface area contributed by atoms with Gasteiger partial charge in [-0.25, -0.2) is 14.6 Å². The number of benzene rings is 2. The van der Waals surface area contributed by atoms with E-state index in [4.69, 9.17) is 15.1 Å². The number of carbonyl (C=O) groups excluding carboxylic acids is 1. The summed E-state index contributed by atoms with van der Waals surface area (Å²) in [7, 11) is 3.91. The Morgan fingerprint density at radius 1 is 1.11 bits per heavy atom. The van der Waals surface area contributed by atoms with Crippen LogP contribution in [-0.2, 0) is 0 Å². The molecule has 2 aromatic carbocycles. The summed E-state index contributed by atoms with van der Waals surface area (Å²) in [5, 5.41) is 10.5. The van der Waals surface area contributed by atoms with Gasteiger partial charge in [0, 0.05) is 30.4 Å². The number of nitrogens with two attached hydrogens (primary N) is 1. The maximum atomic E-state index is 12.5. The number of hydrogen-bond acceptors (Lipinski definition) is 9. The third kappa shape index (κ3) is 4.72. The Hall–Kier alpha value is -4.77. The summed E-state index contributed by atoms with van der Waals surface area (Å²) < 4.78 is 12.7. The van der Waals surface area contributed by atoms with E-state index in [9.17, 15) is 4.79 Å². The standard InChI is InChI=1S/C25H24N8O3/c1-32(2)12-11-27-25(34)16-7-6-10-18(13-16)35-21-14-20-19(15-28-21)29-24(22-23(26)31-36-30-22)33(20)17-8-4-3-5-9-17/h3-10,13-15H,11-12H2,1-2H3,(H2,26,31)(H,27,34). The topological polar surface area (TPSA) is 137 Å².